The third-order valence-electron chi connectivity index (χ3n) is 4.83. The van der Waals surface area contributed by atoms with Gasteiger partial charge in [0.25, 0.3) is 0 Å². The SMILES string of the molecule is COc1ccc(-n2c(SCC(=O)Nc3ccc(F)cc3Cl)nnc2-c2ccccc2)cc1OC. The van der Waals surface area contributed by atoms with Crippen molar-refractivity contribution in [1.29, 1.82) is 0 Å². The molecule has 34 heavy (non-hydrogen) atoms. The van der Waals surface area contributed by atoms with E-state index in [-0.39, 0.29) is 16.7 Å². The number of carbonyl (C=O) groups is 1. The second-order valence-corrected chi connectivity index (χ2v) is 8.36. The quantitative estimate of drug-likeness (QED) is 0.324. The zero-order chi connectivity index (χ0) is 24.1. The lowest BCUT2D eigenvalue weighted by Gasteiger charge is -2.14. The van der Waals surface area contributed by atoms with Crippen LogP contribution in [0.25, 0.3) is 17.1 Å². The highest BCUT2D eigenvalue weighted by molar-refractivity contribution is 7.99. The van der Waals surface area contributed by atoms with E-state index in [1.54, 1.807) is 20.3 Å². The topological polar surface area (TPSA) is 78.3 Å². The molecular formula is C24H20ClFN4O3S. The van der Waals surface area contributed by atoms with Gasteiger partial charge in [-0.15, -0.1) is 10.2 Å². The molecule has 0 spiro atoms. The van der Waals surface area contributed by atoms with Crippen molar-refractivity contribution >= 4 is 35.0 Å². The van der Waals surface area contributed by atoms with Crippen LogP contribution in [0, 0.1) is 5.82 Å². The summed E-state index contributed by atoms with van der Waals surface area (Å²) in [5.74, 6) is 0.985. The van der Waals surface area contributed by atoms with Gasteiger partial charge < -0.3 is 14.8 Å². The van der Waals surface area contributed by atoms with Gasteiger partial charge in [0.2, 0.25) is 5.91 Å². The van der Waals surface area contributed by atoms with Crippen LogP contribution in [-0.2, 0) is 4.79 Å². The maximum Gasteiger partial charge on any atom is 0.234 e. The first-order chi connectivity index (χ1) is 16.5. The highest BCUT2D eigenvalue weighted by Crippen LogP contribution is 2.34. The fourth-order valence-electron chi connectivity index (χ4n) is 3.24. The number of aromatic nitrogens is 3. The molecule has 1 heterocycles. The van der Waals surface area contributed by atoms with Gasteiger partial charge in [-0.1, -0.05) is 53.7 Å². The molecule has 1 N–H and O–H groups in total. The number of thioether (sulfide) groups is 1. The summed E-state index contributed by atoms with van der Waals surface area (Å²) in [5.41, 5.74) is 1.94. The number of rotatable bonds is 8. The molecule has 3 aromatic carbocycles. The van der Waals surface area contributed by atoms with E-state index in [2.05, 4.69) is 15.5 Å². The van der Waals surface area contributed by atoms with E-state index in [4.69, 9.17) is 21.1 Å². The summed E-state index contributed by atoms with van der Waals surface area (Å²) < 4.78 is 25.9. The number of methoxy groups -OCH3 is 2. The van der Waals surface area contributed by atoms with Crippen molar-refractivity contribution in [3.05, 3.63) is 77.6 Å². The van der Waals surface area contributed by atoms with Gasteiger partial charge in [0, 0.05) is 11.6 Å². The van der Waals surface area contributed by atoms with Crippen LogP contribution in [0.5, 0.6) is 11.5 Å². The van der Waals surface area contributed by atoms with Crippen LogP contribution in [0.2, 0.25) is 5.02 Å². The summed E-state index contributed by atoms with van der Waals surface area (Å²) >= 11 is 7.22. The predicted molar refractivity (Wildman–Crippen MR) is 131 cm³/mol. The number of nitrogens with zero attached hydrogens (tertiary/aromatic N) is 3. The molecule has 0 saturated heterocycles. The first kappa shape index (κ1) is 23.6. The molecule has 0 unspecified atom stereocenters. The molecule has 0 fully saturated rings. The van der Waals surface area contributed by atoms with Crippen LogP contribution in [0.4, 0.5) is 10.1 Å². The number of amides is 1. The highest BCUT2D eigenvalue weighted by atomic mass is 35.5. The van der Waals surface area contributed by atoms with E-state index in [1.165, 1.54) is 23.9 Å². The summed E-state index contributed by atoms with van der Waals surface area (Å²) in [6, 6.07) is 18.9. The maximum absolute atomic E-state index is 13.3. The lowest BCUT2D eigenvalue weighted by molar-refractivity contribution is -0.113. The fourth-order valence-corrected chi connectivity index (χ4v) is 4.21. The number of hydrogen-bond donors (Lipinski definition) is 1. The molecule has 0 aliphatic rings. The van der Waals surface area contributed by atoms with Crippen LogP contribution < -0.4 is 14.8 Å². The van der Waals surface area contributed by atoms with Crippen molar-refractivity contribution < 1.29 is 18.7 Å². The molecule has 7 nitrogen and oxygen atoms in total. The Balaban J connectivity index is 1.64. The van der Waals surface area contributed by atoms with Gasteiger partial charge in [-0.25, -0.2) is 4.39 Å². The van der Waals surface area contributed by atoms with Crippen molar-refractivity contribution in [1.82, 2.24) is 14.8 Å². The van der Waals surface area contributed by atoms with Crippen molar-refractivity contribution in [2.75, 3.05) is 25.3 Å². The summed E-state index contributed by atoms with van der Waals surface area (Å²) in [4.78, 5) is 12.6. The number of hydrogen-bond acceptors (Lipinski definition) is 6. The van der Waals surface area contributed by atoms with E-state index in [9.17, 15) is 9.18 Å². The Hall–Kier alpha value is -3.56. The largest absolute Gasteiger partial charge is 0.493 e. The number of carbonyl (C=O) groups excluding carboxylic acids is 1. The molecule has 0 aliphatic carbocycles. The first-order valence-electron chi connectivity index (χ1n) is 10.1. The minimum absolute atomic E-state index is 0.0356. The van der Waals surface area contributed by atoms with Gasteiger partial charge in [0.1, 0.15) is 5.82 Å². The second-order valence-electron chi connectivity index (χ2n) is 7.01. The fraction of sp³-hybridized carbons (Fsp3) is 0.125. The second kappa shape index (κ2) is 10.6. The molecule has 174 valence electrons. The number of ether oxygens (including phenoxy) is 2. The van der Waals surface area contributed by atoms with Gasteiger partial charge in [-0.05, 0) is 30.3 Å². The van der Waals surface area contributed by atoms with E-state index in [0.29, 0.717) is 28.2 Å². The Bertz CT molecular complexity index is 1320. The molecule has 1 amide bonds. The summed E-state index contributed by atoms with van der Waals surface area (Å²) in [6.45, 7) is 0. The smallest absolute Gasteiger partial charge is 0.234 e. The maximum atomic E-state index is 13.3. The Morgan fingerprint density at radius 2 is 1.79 bits per heavy atom. The van der Waals surface area contributed by atoms with Crippen molar-refractivity contribution in [2.24, 2.45) is 0 Å². The normalized spacial score (nSPS) is 10.7. The van der Waals surface area contributed by atoms with Crippen molar-refractivity contribution in [2.45, 2.75) is 5.16 Å². The summed E-state index contributed by atoms with van der Waals surface area (Å²) in [5, 5.41) is 12.0. The zero-order valence-corrected chi connectivity index (χ0v) is 19.9. The molecule has 0 bridgehead atoms. The van der Waals surface area contributed by atoms with E-state index in [0.717, 1.165) is 17.3 Å². The van der Waals surface area contributed by atoms with Crippen LogP contribution >= 0.6 is 23.4 Å². The number of benzene rings is 3. The molecule has 10 heteroatoms. The molecule has 0 atom stereocenters. The summed E-state index contributed by atoms with van der Waals surface area (Å²) in [6.07, 6.45) is 0. The lowest BCUT2D eigenvalue weighted by Crippen LogP contribution is -2.15. The monoisotopic (exact) mass is 498 g/mol. The first-order valence-corrected chi connectivity index (χ1v) is 11.5. The van der Waals surface area contributed by atoms with Gasteiger partial charge in [-0.2, -0.15) is 0 Å². The van der Waals surface area contributed by atoms with Gasteiger partial charge in [0.05, 0.1) is 36.4 Å². The number of halogens is 2. The van der Waals surface area contributed by atoms with Crippen LogP contribution in [0.3, 0.4) is 0 Å². The standard InChI is InChI=1S/C24H20ClFN4O3S/c1-32-20-11-9-17(13-21(20)33-2)30-23(15-6-4-3-5-7-15)28-29-24(30)34-14-22(31)27-19-10-8-16(26)12-18(19)25/h3-13H,14H2,1-2H3,(H,27,31). The van der Waals surface area contributed by atoms with Crippen LogP contribution in [0.1, 0.15) is 0 Å². The lowest BCUT2D eigenvalue weighted by atomic mass is 10.2. The third-order valence-corrected chi connectivity index (χ3v) is 6.07. The Morgan fingerprint density at radius 3 is 2.50 bits per heavy atom. The molecule has 1 aromatic heterocycles. The number of nitrogens with one attached hydrogen (secondary N) is 1. The highest BCUT2D eigenvalue weighted by Gasteiger charge is 2.19. The van der Waals surface area contributed by atoms with Gasteiger partial charge in [-0.3, -0.25) is 9.36 Å². The van der Waals surface area contributed by atoms with Crippen LogP contribution in [0.15, 0.2) is 71.9 Å². The molecule has 0 saturated carbocycles. The molecule has 0 aliphatic heterocycles. The molecule has 0 radical (unpaired) electrons. The minimum atomic E-state index is -0.478. The average Bonchev–Trinajstić information content (AvgIpc) is 3.28. The van der Waals surface area contributed by atoms with Crippen LogP contribution in [-0.4, -0.2) is 40.6 Å². The predicted octanol–water partition coefficient (Wildman–Crippen LogP) is 5.47. The van der Waals surface area contributed by atoms with E-state index >= 15 is 0 Å². The molecular weight excluding hydrogens is 479 g/mol. The van der Waals surface area contributed by atoms with Gasteiger partial charge in [0.15, 0.2) is 22.5 Å². The van der Waals surface area contributed by atoms with Crippen molar-refractivity contribution in [3.63, 3.8) is 0 Å². The third kappa shape index (κ3) is 5.16. The zero-order valence-electron chi connectivity index (χ0n) is 18.3. The Kier molecular flexibility index (Phi) is 7.34. The molecule has 4 aromatic rings. The molecule has 4 rings (SSSR count). The van der Waals surface area contributed by atoms with Crippen molar-refractivity contribution in [3.8, 4) is 28.6 Å². The number of anilines is 1. The Morgan fingerprint density at radius 1 is 1.03 bits per heavy atom. The summed E-state index contributed by atoms with van der Waals surface area (Å²) in [7, 11) is 3.13. The van der Waals surface area contributed by atoms with E-state index in [1.807, 2.05) is 47.0 Å². The van der Waals surface area contributed by atoms with Gasteiger partial charge >= 0.3 is 0 Å². The Labute approximate surface area is 204 Å². The average molecular weight is 499 g/mol. The minimum Gasteiger partial charge on any atom is -0.493 e. The van der Waals surface area contributed by atoms with E-state index < -0.39 is 5.82 Å².